The fraction of sp³-hybridized carbons (Fsp3) is 0.562. The lowest BCUT2D eigenvalue weighted by molar-refractivity contribution is 0.428. The molecule has 0 bridgehead atoms. The van der Waals surface area contributed by atoms with E-state index in [1.165, 1.54) is 12.1 Å². The monoisotopic (exact) mass is 422 g/mol. The molecule has 1 aromatic carbocycles. The molecule has 0 spiro atoms. The predicted molar refractivity (Wildman–Crippen MR) is 103 cm³/mol. The molecule has 1 aromatic rings. The first-order valence-corrected chi connectivity index (χ1v) is 7.35. The largest absolute Gasteiger partial charge is 0.356 e. The Labute approximate surface area is 150 Å². The third-order valence-electron chi connectivity index (χ3n) is 2.92. The summed E-state index contributed by atoms with van der Waals surface area (Å²) in [6.07, 6.45) is 0.835. The van der Waals surface area contributed by atoms with Gasteiger partial charge in [0.25, 0.3) is 0 Å². The first-order chi connectivity index (χ1) is 9.90. The Kier molecular flexibility index (Phi) is 10.3. The van der Waals surface area contributed by atoms with E-state index in [2.05, 4.69) is 41.7 Å². The second kappa shape index (κ2) is 10.8. The highest BCUT2D eigenvalue weighted by molar-refractivity contribution is 14.0. The average Bonchev–Trinajstić information content (AvgIpc) is 2.42. The van der Waals surface area contributed by atoms with Gasteiger partial charge in [-0.15, -0.1) is 24.0 Å². The molecule has 0 aliphatic carbocycles. The van der Waals surface area contributed by atoms with Gasteiger partial charge in [0, 0.05) is 32.2 Å². The molecule has 3 N–H and O–H groups in total. The predicted octanol–water partition coefficient (Wildman–Crippen LogP) is 2.54. The van der Waals surface area contributed by atoms with Gasteiger partial charge in [0.15, 0.2) is 5.96 Å². The zero-order valence-electron chi connectivity index (χ0n) is 13.9. The van der Waals surface area contributed by atoms with Gasteiger partial charge in [-0.1, -0.05) is 12.1 Å². The molecule has 0 radical (unpaired) electrons. The van der Waals surface area contributed by atoms with Gasteiger partial charge in [-0.25, -0.2) is 4.39 Å². The van der Waals surface area contributed by atoms with Crippen LogP contribution in [-0.2, 0) is 6.42 Å². The van der Waals surface area contributed by atoms with Gasteiger partial charge in [-0.05, 0) is 44.9 Å². The number of hydrogen-bond acceptors (Lipinski definition) is 2. The lowest BCUT2D eigenvalue weighted by Gasteiger charge is -2.21. The molecule has 0 heterocycles. The number of nitrogens with one attached hydrogen (secondary N) is 3. The SMILES string of the molecule is CN=C(NCCNC(C)(C)C)NCCc1ccc(F)cc1.I. The molecule has 0 saturated heterocycles. The smallest absolute Gasteiger partial charge is 0.191 e. The van der Waals surface area contributed by atoms with Crippen LogP contribution in [0.4, 0.5) is 4.39 Å². The zero-order chi connectivity index (χ0) is 15.7. The molecular weight excluding hydrogens is 394 g/mol. The number of benzene rings is 1. The lowest BCUT2D eigenvalue weighted by Crippen LogP contribution is -2.44. The molecule has 0 aromatic heterocycles. The van der Waals surface area contributed by atoms with Crippen LogP contribution in [0.5, 0.6) is 0 Å². The highest BCUT2D eigenvalue weighted by atomic mass is 127. The van der Waals surface area contributed by atoms with Crippen molar-refractivity contribution in [2.24, 2.45) is 4.99 Å². The van der Waals surface area contributed by atoms with Crippen molar-refractivity contribution in [1.29, 1.82) is 0 Å². The van der Waals surface area contributed by atoms with E-state index in [1.807, 2.05) is 0 Å². The summed E-state index contributed by atoms with van der Waals surface area (Å²) in [5.74, 6) is 0.586. The summed E-state index contributed by atoms with van der Waals surface area (Å²) >= 11 is 0. The molecular formula is C16H28FIN4. The van der Waals surface area contributed by atoms with Crippen molar-refractivity contribution < 1.29 is 4.39 Å². The van der Waals surface area contributed by atoms with E-state index < -0.39 is 0 Å². The highest BCUT2D eigenvalue weighted by Gasteiger charge is 2.07. The van der Waals surface area contributed by atoms with Crippen LogP contribution in [0.2, 0.25) is 0 Å². The molecule has 0 aliphatic heterocycles. The maximum Gasteiger partial charge on any atom is 0.191 e. The van der Waals surface area contributed by atoms with Crippen LogP contribution >= 0.6 is 24.0 Å². The first-order valence-electron chi connectivity index (χ1n) is 7.35. The third-order valence-corrected chi connectivity index (χ3v) is 2.92. The van der Waals surface area contributed by atoms with Gasteiger partial charge in [-0.2, -0.15) is 0 Å². The van der Waals surface area contributed by atoms with Gasteiger partial charge in [0.1, 0.15) is 5.82 Å². The van der Waals surface area contributed by atoms with Crippen molar-refractivity contribution >= 4 is 29.9 Å². The Morgan fingerprint density at radius 3 is 2.18 bits per heavy atom. The molecule has 0 amide bonds. The van der Waals surface area contributed by atoms with E-state index in [4.69, 9.17) is 0 Å². The normalized spacial score (nSPS) is 11.8. The number of rotatable bonds is 6. The van der Waals surface area contributed by atoms with E-state index in [-0.39, 0.29) is 35.3 Å². The van der Waals surface area contributed by atoms with Crippen LogP contribution in [0.25, 0.3) is 0 Å². The standard InChI is InChI=1S/C16H27FN4.HI/c1-16(2,3)21-12-11-20-15(18-4)19-10-9-13-5-7-14(17)8-6-13;/h5-8,21H,9-12H2,1-4H3,(H2,18,19,20);1H. The average molecular weight is 422 g/mol. The number of halogens is 2. The van der Waals surface area contributed by atoms with Crippen LogP contribution < -0.4 is 16.0 Å². The van der Waals surface area contributed by atoms with Crippen molar-refractivity contribution in [2.75, 3.05) is 26.7 Å². The maximum atomic E-state index is 12.8. The van der Waals surface area contributed by atoms with Crippen LogP contribution in [0.3, 0.4) is 0 Å². The van der Waals surface area contributed by atoms with E-state index in [1.54, 1.807) is 19.2 Å². The Bertz CT molecular complexity index is 440. The summed E-state index contributed by atoms with van der Waals surface area (Å²) in [4.78, 5) is 4.17. The number of nitrogens with zero attached hydrogens (tertiary/aromatic N) is 1. The minimum absolute atomic E-state index is 0. The maximum absolute atomic E-state index is 12.8. The zero-order valence-corrected chi connectivity index (χ0v) is 16.2. The van der Waals surface area contributed by atoms with Crippen molar-refractivity contribution in [3.8, 4) is 0 Å². The van der Waals surface area contributed by atoms with Crippen LogP contribution in [-0.4, -0.2) is 38.2 Å². The van der Waals surface area contributed by atoms with E-state index in [0.717, 1.165) is 37.6 Å². The fourth-order valence-electron chi connectivity index (χ4n) is 1.82. The van der Waals surface area contributed by atoms with Crippen LogP contribution in [0.15, 0.2) is 29.3 Å². The summed E-state index contributed by atoms with van der Waals surface area (Å²) in [6, 6.07) is 6.59. The molecule has 0 atom stereocenters. The van der Waals surface area contributed by atoms with Gasteiger partial charge >= 0.3 is 0 Å². The topological polar surface area (TPSA) is 48.5 Å². The van der Waals surface area contributed by atoms with Gasteiger partial charge in [0.05, 0.1) is 0 Å². The Morgan fingerprint density at radius 1 is 1.05 bits per heavy atom. The van der Waals surface area contributed by atoms with Crippen molar-refractivity contribution in [1.82, 2.24) is 16.0 Å². The summed E-state index contributed by atoms with van der Waals surface area (Å²) in [7, 11) is 1.75. The van der Waals surface area contributed by atoms with Crippen LogP contribution in [0, 0.1) is 5.82 Å². The summed E-state index contributed by atoms with van der Waals surface area (Å²) in [5.41, 5.74) is 1.23. The van der Waals surface area contributed by atoms with E-state index in [9.17, 15) is 4.39 Å². The summed E-state index contributed by atoms with van der Waals surface area (Å²) < 4.78 is 12.8. The Morgan fingerprint density at radius 2 is 1.64 bits per heavy atom. The van der Waals surface area contributed by atoms with Gasteiger partial charge in [-0.3, -0.25) is 4.99 Å². The van der Waals surface area contributed by atoms with Gasteiger partial charge < -0.3 is 16.0 Å². The molecule has 0 unspecified atom stereocenters. The van der Waals surface area contributed by atoms with E-state index in [0.29, 0.717) is 0 Å². The lowest BCUT2D eigenvalue weighted by atomic mass is 10.1. The van der Waals surface area contributed by atoms with Crippen molar-refractivity contribution in [3.63, 3.8) is 0 Å². The molecule has 0 fully saturated rings. The number of aliphatic imine (C=N–C) groups is 1. The second-order valence-corrected chi connectivity index (χ2v) is 5.98. The number of hydrogen-bond donors (Lipinski definition) is 3. The summed E-state index contributed by atoms with van der Waals surface area (Å²) in [6.45, 7) is 8.88. The first kappa shape index (κ1) is 21.1. The molecule has 6 heteroatoms. The molecule has 0 saturated carbocycles. The van der Waals surface area contributed by atoms with Crippen molar-refractivity contribution in [2.45, 2.75) is 32.7 Å². The minimum atomic E-state index is -0.199. The second-order valence-electron chi connectivity index (χ2n) is 5.98. The molecule has 1 rings (SSSR count). The minimum Gasteiger partial charge on any atom is -0.356 e. The quantitative estimate of drug-likeness (QED) is 0.286. The Hall–Kier alpha value is -0.890. The molecule has 22 heavy (non-hydrogen) atoms. The van der Waals surface area contributed by atoms with Gasteiger partial charge in [0.2, 0.25) is 0 Å². The van der Waals surface area contributed by atoms with E-state index >= 15 is 0 Å². The Balaban J connectivity index is 0.00000441. The third kappa shape index (κ3) is 9.94. The van der Waals surface area contributed by atoms with Crippen LogP contribution in [0.1, 0.15) is 26.3 Å². The highest BCUT2D eigenvalue weighted by Crippen LogP contribution is 2.02. The molecule has 4 nitrogen and oxygen atoms in total. The summed E-state index contributed by atoms with van der Waals surface area (Å²) in [5, 5.41) is 9.91. The molecule has 126 valence electrons. The fourth-order valence-corrected chi connectivity index (χ4v) is 1.82. The number of guanidine groups is 1. The molecule has 0 aliphatic rings. The van der Waals surface area contributed by atoms with Crippen molar-refractivity contribution in [3.05, 3.63) is 35.6 Å².